The van der Waals surface area contributed by atoms with E-state index in [2.05, 4.69) is 15.5 Å². The molecular formula is C18H27N3O3. The number of carbonyl (C=O) groups is 1. The molecular weight excluding hydrogens is 306 g/mol. The molecule has 2 fully saturated rings. The van der Waals surface area contributed by atoms with E-state index in [0.29, 0.717) is 5.56 Å². The van der Waals surface area contributed by atoms with Gasteiger partial charge in [-0.05, 0) is 56.5 Å². The minimum Gasteiger partial charge on any atom is -0.508 e. The van der Waals surface area contributed by atoms with Crippen molar-refractivity contribution in [3.63, 3.8) is 0 Å². The Balaban J connectivity index is 1.43. The first-order valence-electron chi connectivity index (χ1n) is 8.82. The molecule has 1 unspecified atom stereocenters. The Morgan fingerprint density at radius 3 is 2.67 bits per heavy atom. The van der Waals surface area contributed by atoms with Gasteiger partial charge in [0.15, 0.2) is 0 Å². The van der Waals surface area contributed by atoms with Crippen molar-refractivity contribution in [3.8, 4) is 5.75 Å². The number of carbonyl (C=O) groups excluding carboxylic acids is 1. The standard InChI is InChI=1S/C18H27N3O3/c22-15-6-4-5-14(11-15)16(23)12-19-17(24)20-18(7-8-18)13-21-9-2-1-3-10-21/h4-6,11,16,22-23H,1-3,7-10,12-13H2,(H2,19,20,24). The smallest absolute Gasteiger partial charge is 0.315 e. The summed E-state index contributed by atoms with van der Waals surface area (Å²) in [4.78, 5) is 14.6. The minimum atomic E-state index is -0.833. The molecule has 132 valence electrons. The molecule has 6 heteroatoms. The lowest BCUT2D eigenvalue weighted by molar-refractivity contribution is 0.168. The molecule has 0 spiro atoms. The van der Waals surface area contributed by atoms with Gasteiger partial charge < -0.3 is 25.7 Å². The maximum absolute atomic E-state index is 12.1. The van der Waals surface area contributed by atoms with Crippen LogP contribution in [0.4, 0.5) is 4.79 Å². The number of hydrogen-bond donors (Lipinski definition) is 4. The molecule has 4 N–H and O–H groups in total. The largest absolute Gasteiger partial charge is 0.508 e. The molecule has 6 nitrogen and oxygen atoms in total. The lowest BCUT2D eigenvalue weighted by Crippen LogP contribution is -2.50. The maximum atomic E-state index is 12.1. The number of piperidine rings is 1. The van der Waals surface area contributed by atoms with E-state index >= 15 is 0 Å². The lowest BCUT2D eigenvalue weighted by atomic mass is 10.1. The third-order valence-corrected chi connectivity index (χ3v) is 4.92. The maximum Gasteiger partial charge on any atom is 0.315 e. The average Bonchev–Trinajstić information content (AvgIpc) is 3.32. The zero-order valence-corrected chi connectivity index (χ0v) is 14.0. The number of amides is 2. The third-order valence-electron chi connectivity index (χ3n) is 4.92. The summed E-state index contributed by atoms with van der Waals surface area (Å²) in [7, 11) is 0. The number of rotatable bonds is 6. The monoisotopic (exact) mass is 333 g/mol. The first kappa shape index (κ1) is 17.0. The van der Waals surface area contributed by atoms with E-state index in [0.717, 1.165) is 32.5 Å². The van der Waals surface area contributed by atoms with Crippen LogP contribution in [0.15, 0.2) is 24.3 Å². The Labute approximate surface area is 142 Å². The van der Waals surface area contributed by atoms with Crippen molar-refractivity contribution in [1.82, 2.24) is 15.5 Å². The highest BCUT2D eigenvalue weighted by molar-refractivity contribution is 5.75. The van der Waals surface area contributed by atoms with E-state index in [1.165, 1.54) is 25.3 Å². The summed E-state index contributed by atoms with van der Waals surface area (Å²) in [6, 6.07) is 6.22. The van der Waals surface area contributed by atoms with Crippen LogP contribution in [0, 0.1) is 0 Å². The summed E-state index contributed by atoms with van der Waals surface area (Å²) in [6.07, 6.45) is 5.01. The summed E-state index contributed by atoms with van der Waals surface area (Å²) in [6.45, 7) is 3.30. The number of urea groups is 1. The van der Waals surface area contributed by atoms with Crippen LogP contribution in [-0.2, 0) is 0 Å². The van der Waals surface area contributed by atoms with Gasteiger partial charge in [0, 0.05) is 13.1 Å². The van der Waals surface area contributed by atoms with Gasteiger partial charge in [0.05, 0.1) is 11.6 Å². The van der Waals surface area contributed by atoms with Crippen molar-refractivity contribution in [1.29, 1.82) is 0 Å². The highest BCUT2D eigenvalue weighted by Crippen LogP contribution is 2.36. The Morgan fingerprint density at radius 1 is 1.25 bits per heavy atom. The summed E-state index contributed by atoms with van der Waals surface area (Å²) in [5, 5.41) is 25.4. The number of nitrogens with zero attached hydrogens (tertiary/aromatic N) is 1. The second-order valence-corrected chi connectivity index (χ2v) is 7.06. The summed E-state index contributed by atoms with van der Waals surface area (Å²) < 4.78 is 0. The van der Waals surface area contributed by atoms with Crippen molar-refractivity contribution in [2.75, 3.05) is 26.2 Å². The molecule has 1 aliphatic carbocycles. The fraction of sp³-hybridized carbons (Fsp3) is 0.611. The second-order valence-electron chi connectivity index (χ2n) is 7.06. The van der Waals surface area contributed by atoms with Crippen molar-refractivity contribution in [3.05, 3.63) is 29.8 Å². The number of aliphatic hydroxyl groups is 1. The number of hydrogen-bond acceptors (Lipinski definition) is 4. The van der Waals surface area contributed by atoms with Crippen LogP contribution in [-0.4, -0.2) is 52.9 Å². The highest BCUT2D eigenvalue weighted by Gasteiger charge is 2.45. The predicted molar refractivity (Wildman–Crippen MR) is 91.9 cm³/mol. The Hall–Kier alpha value is -1.79. The van der Waals surface area contributed by atoms with E-state index in [-0.39, 0.29) is 23.9 Å². The van der Waals surface area contributed by atoms with Crippen molar-refractivity contribution in [2.24, 2.45) is 0 Å². The quantitative estimate of drug-likeness (QED) is 0.639. The lowest BCUT2D eigenvalue weighted by Gasteiger charge is -2.31. The van der Waals surface area contributed by atoms with E-state index in [4.69, 9.17) is 0 Å². The van der Waals surface area contributed by atoms with Gasteiger partial charge in [-0.3, -0.25) is 0 Å². The van der Waals surface area contributed by atoms with Crippen LogP contribution in [0.25, 0.3) is 0 Å². The van der Waals surface area contributed by atoms with Gasteiger partial charge in [-0.2, -0.15) is 0 Å². The van der Waals surface area contributed by atoms with Crippen molar-refractivity contribution < 1.29 is 15.0 Å². The minimum absolute atomic E-state index is 0.0859. The zero-order chi connectivity index (χ0) is 17.0. The van der Waals surface area contributed by atoms with Crippen LogP contribution >= 0.6 is 0 Å². The number of likely N-dealkylation sites (tertiary alicyclic amines) is 1. The van der Waals surface area contributed by atoms with Gasteiger partial charge in [0.25, 0.3) is 0 Å². The summed E-state index contributed by atoms with van der Waals surface area (Å²) in [5.41, 5.74) is 0.502. The van der Waals surface area contributed by atoms with Gasteiger partial charge in [-0.25, -0.2) is 4.79 Å². The third kappa shape index (κ3) is 4.61. The Kier molecular flexibility index (Phi) is 5.26. The fourth-order valence-corrected chi connectivity index (χ4v) is 3.34. The molecule has 1 atom stereocenters. The van der Waals surface area contributed by atoms with Crippen LogP contribution in [0.5, 0.6) is 5.75 Å². The molecule has 3 rings (SSSR count). The molecule has 1 heterocycles. The molecule has 0 bridgehead atoms. The Morgan fingerprint density at radius 2 is 2.00 bits per heavy atom. The number of benzene rings is 1. The first-order valence-corrected chi connectivity index (χ1v) is 8.82. The predicted octanol–water partition coefficient (Wildman–Crippen LogP) is 1.74. The van der Waals surface area contributed by atoms with Gasteiger partial charge in [-0.1, -0.05) is 18.6 Å². The van der Waals surface area contributed by atoms with E-state index in [9.17, 15) is 15.0 Å². The summed E-state index contributed by atoms with van der Waals surface area (Å²) in [5.74, 6) is 0.106. The molecule has 1 saturated carbocycles. The Bertz CT molecular complexity index is 568. The zero-order valence-electron chi connectivity index (χ0n) is 14.0. The van der Waals surface area contributed by atoms with Crippen LogP contribution in [0.1, 0.15) is 43.8 Å². The van der Waals surface area contributed by atoms with Crippen LogP contribution in [0.2, 0.25) is 0 Å². The average molecular weight is 333 g/mol. The van der Waals surface area contributed by atoms with Crippen molar-refractivity contribution >= 4 is 6.03 Å². The van der Waals surface area contributed by atoms with Gasteiger partial charge in [0.1, 0.15) is 5.75 Å². The van der Waals surface area contributed by atoms with Gasteiger partial charge in [-0.15, -0.1) is 0 Å². The number of aliphatic hydroxyl groups excluding tert-OH is 1. The van der Waals surface area contributed by atoms with Crippen molar-refractivity contribution in [2.45, 2.75) is 43.7 Å². The molecule has 1 aromatic rings. The second kappa shape index (κ2) is 7.40. The molecule has 1 saturated heterocycles. The normalized spacial score (nSPS) is 21.0. The van der Waals surface area contributed by atoms with E-state index in [1.54, 1.807) is 18.2 Å². The fourth-order valence-electron chi connectivity index (χ4n) is 3.34. The van der Waals surface area contributed by atoms with E-state index in [1.807, 2.05) is 0 Å². The molecule has 1 aromatic carbocycles. The molecule has 24 heavy (non-hydrogen) atoms. The number of phenols is 1. The first-order chi connectivity index (χ1) is 11.6. The molecule has 0 aromatic heterocycles. The molecule has 0 radical (unpaired) electrons. The topological polar surface area (TPSA) is 84.8 Å². The van der Waals surface area contributed by atoms with Crippen LogP contribution in [0.3, 0.4) is 0 Å². The van der Waals surface area contributed by atoms with Gasteiger partial charge >= 0.3 is 6.03 Å². The molecule has 1 aliphatic heterocycles. The van der Waals surface area contributed by atoms with Crippen LogP contribution < -0.4 is 10.6 Å². The number of phenolic OH excluding ortho intramolecular Hbond substituents is 1. The number of nitrogens with one attached hydrogen (secondary N) is 2. The molecule has 2 amide bonds. The highest BCUT2D eigenvalue weighted by atomic mass is 16.3. The SMILES string of the molecule is O=C(NCC(O)c1cccc(O)c1)NC1(CN2CCCCC2)CC1. The summed E-state index contributed by atoms with van der Waals surface area (Å²) >= 11 is 0. The van der Waals surface area contributed by atoms with Gasteiger partial charge in [0.2, 0.25) is 0 Å². The number of aromatic hydroxyl groups is 1. The van der Waals surface area contributed by atoms with E-state index < -0.39 is 6.10 Å². The molecule has 2 aliphatic rings.